The number of rotatable bonds is 6. The van der Waals surface area contributed by atoms with E-state index in [1.165, 1.54) is 11.3 Å². The predicted octanol–water partition coefficient (Wildman–Crippen LogP) is 3.34. The first-order chi connectivity index (χ1) is 14.5. The van der Waals surface area contributed by atoms with Gasteiger partial charge in [-0.05, 0) is 50.2 Å². The molecule has 30 heavy (non-hydrogen) atoms. The van der Waals surface area contributed by atoms with Gasteiger partial charge >= 0.3 is 6.03 Å². The molecule has 0 radical (unpaired) electrons. The van der Waals surface area contributed by atoms with E-state index in [1.54, 1.807) is 11.1 Å². The van der Waals surface area contributed by atoms with E-state index in [1.807, 2.05) is 43.3 Å². The highest BCUT2D eigenvalue weighted by molar-refractivity contribution is 7.20. The van der Waals surface area contributed by atoms with E-state index in [-0.39, 0.29) is 18.1 Å². The van der Waals surface area contributed by atoms with Crippen LogP contribution in [0, 0.1) is 0 Å². The number of piperazine rings is 1. The molecule has 2 atom stereocenters. The molecule has 158 valence electrons. The van der Waals surface area contributed by atoms with Crippen molar-refractivity contribution in [1.82, 2.24) is 19.8 Å². The minimum atomic E-state index is -0.352. The molecular formula is C21H25N5O3S. The first-order valence-corrected chi connectivity index (χ1v) is 10.7. The van der Waals surface area contributed by atoms with E-state index < -0.39 is 0 Å². The molecule has 0 spiro atoms. The van der Waals surface area contributed by atoms with Crippen molar-refractivity contribution in [2.24, 2.45) is 5.73 Å². The van der Waals surface area contributed by atoms with Crippen LogP contribution in [0.3, 0.4) is 0 Å². The van der Waals surface area contributed by atoms with E-state index in [9.17, 15) is 4.79 Å². The third-order valence-corrected chi connectivity index (χ3v) is 6.11. The topological polar surface area (TPSA) is 93.8 Å². The van der Waals surface area contributed by atoms with Crippen molar-refractivity contribution in [3.8, 4) is 16.7 Å². The van der Waals surface area contributed by atoms with Gasteiger partial charge < -0.3 is 20.1 Å². The molecule has 4 rings (SSSR count). The number of nitrogens with two attached hydrogens (primary N) is 1. The van der Waals surface area contributed by atoms with Gasteiger partial charge in [0, 0.05) is 37.9 Å². The van der Waals surface area contributed by atoms with Gasteiger partial charge in [0.25, 0.3) is 5.19 Å². The molecule has 0 unspecified atom stereocenters. The second-order valence-electron chi connectivity index (χ2n) is 7.41. The van der Waals surface area contributed by atoms with Gasteiger partial charge in [-0.25, -0.2) is 9.78 Å². The zero-order chi connectivity index (χ0) is 21.1. The van der Waals surface area contributed by atoms with Crippen molar-refractivity contribution < 1.29 is 14.3 Å². The van der Waals surface area contributed by atoms with E-state index in [4.69, 9.17) is 15.2 Å². The molecule has 1 aliphatic heterocycles. The van der Waals surface area contributed by atoms with E-state index in [0.29, 0.717) is 29.7 Å². The van der Waals surface area contributed by atoms with Crippen LogP contribution in [0.5, 0.6) is 16.7 Å². The SMILES string of the molecule is C[C@H]1CN(C(N)=O)[C@@H](C)CN1CCOc1ccc(Oc2nc3ncccc3s2)cc1. The zero-order valence-corrected chi connectivity index (χ0v) is 17.8. The van der Waals surface area contributed by atoms with Crippen LogP contribution in [-0.2, 0) is 0 Å². The molecule has 2 amide bonds. The Morgan fingerprint density at radius 1 is 1.17 bits per heavy atom. The maximum atomic E-state index is 11.5. The molecule has 1 saturated heterocycles. The van der Waals surface area contributed by atoms with Crippen LogP contribution in [-0.4, -0.2) is 64.1 Å². The molecule has 1 aromatic carbocycles. The van der Waals surface area contributed by atoms with Crippen molar-refractivity contribution >= 4 is 27.7 Å². The molecule has 2 aromatic heterocycles. The number of ether oxygens (including phenoxy) is 2. The highest BCUT2D eigenvalue weighted by atomic mass is 32.1. The molecule has 3 aromatic rings. The maximum absolute atomic E-state index is 11.5. The Balaban J connectivity index is 1.27. The van der Waals surface area contributed by atoms with Crippen molar-refractivity contribution in [2.45, 2.75) is 25.9 Å². The molecule has 2 N–H and O–H groups in total. The van der Waals surface area contributed by atoms with E-state index in [2.05, 4.69) is 21.8 Å². The Morgan fingerprint density at radius 2 is 1.93 bits per heavy atom. The summed E-state index contributed by atoms with van der Waals surface area (Å²) in [5.41, 5.74) is 6.14. The Hall–Kier alpha value is -2.91. The molecular weight excluding hydrogens is 402 g/mol. The third kappa shape index (κ3) is 4.63. The van der Waals surface area contributed by atoms with Gasteiger partial charge in [-0.1, -0.05) is 11.3 Å². The van der Waals surface area contributed by atoms with Gasteiger partial charge in [-0.15, -0.1) is 0 Å². The largest absolute Gasteiger partial charge is 0.492 e. The smallest absolute Gasteiger partial charge is 0.315 e. The molecule has 0 saturated carbocycles. The van der Waals surface area contributed by atoms with Crippen LogP contribution in [0.15, 0.2) is 42.6 Å². The van der Waals surface area contributed by atoms with Crippen molar-refractivity contribution in [3.63, 3.8) is 0 Å². The molecule has 0 aliphatic carbocycles. The van der Waals surface area contributed by atoms with Gasteiger partial charge in [0.1, 0.15) is 18.1 Å². The number of pyridine rings is 1. The summed E-state index contributed by atoms with van der Waals surface area (Å²) in [6.45, 7) is 6.91. The fourth-order valence-electron chi connectivity index (χ4n) is 3.60. The number of carbonyl (C=O) groups is 1. The van der Waals surface area contributed by atoms with Gasteiger partial charge in [-0.3, -0.25) is 4.90 Å². The van der Waals surface area contributed by atoms with Crippen molar-refractivity contribution in [3.05, 3.63) is 42.6 Å². The monoisotopic (exact) mass is 427 g/mol. The number of urea groups is 1. The Kier molecular flexibility index (Phi) is 6.01. The number of carbonyl (C=O) groups excluding carboxylic acids is 1. The fraction of sp³-hybridized carbons (Fsp3) is 0.381. The van der Waals surface area contributed by atoms with Gasteiger partial charge in [0.05, 0.1) is 4.70 Å². The van der Waals surface area contributed by atoms with Crippen LogP contribution in [0.2, 0.25) is 0 Å². The third-order valence-electron chi connectivity index (χ3n) is 5.22. The predicted molar refractivity (Wildman–Crippen MR) is 116 cm³/mol. The lowest BCUT2D eigenvalue weighted by atomic mass is 10.1. The summed E-state index contributed by atoms with van der Waals surface area (Å²) in [4.78, 5) is 24.1. The van der Waals surface area contributed by atoms with Crippen LogP contribution in [0.4, 0.5) is 4.79 Å². The summed E-state index contributed by atoms with van der Waals surface area (Å²) in [6.07, 6.45) is 1.72. The Labute approximate surface area is 179 Å². The van der Waals surface area contributed by atoms with Crippen molar-refractivity contribution in [1.29, 1.82) is 0 Å². The lowest BCUT2D eigenvalue weighted by molar-refractivity contribution is 0.0570. The lowest BCUT2D eigenvalue weighted by Gasteiger charge is -2.43. The summed E-state index contributed by atoms with van der Waals surface area (Å²) >= 11 is 1.46. The Morgan fingerprint density at radius 3 is 2.67 bits per heavy atom. The molecule has 9 heteroatoms. The second kappa shape index (κ2) is 8.85. The number of fused-ring (bicyclic) bond motifs is 1. The van der Waals surface area contributed by atoms with Crippen molar-refractivity contribution in [2.75, 3.05) is 26.2 Å². The lowest BCUT2D eigenvalue weighted by Crippen LogP contribution is -2.59. The highest BCUT2D eigenvalue weighted by Gasteiger charge is 2.30. The number of hydrogen-bond donors (Lipinski definition) is 1. The molecule has 1 aliphatic rings. The normalized spacial score (nSPS) is 19.7. The zero-order valence-electron chi connectivity index (χ0n) is 17.0. The first kappa shape index (κ1) is 20.4. The molecule has 0 bridgehead atoms. The summed E-state index contributed by atoms with van der Waals surface area (Å²) in [5.74, 6) is 1.48. The second-order valence-corrected chi connectivity index (χ2v) is 8.40. The number of benzene rings is 1. The molecule has 1 fully saturated rings. The summed E-state index contributed by atoms with van der Waals surface area (Å²) in [7, 11) is 0. The number of hydrogen-bond acceptors (Lipinski definition) is 7. The van der Waals surface area contributed by atoms with Crippen LogP contribution < -0.4 is 15.2 Å². The van der Waals surface area contributed by atoms with Gasteiger partial charge in [0.2, 0.25) is 0 Å². The standard InChI is InChI=1S/C21H25N5O3S/c1-14-13-26(20(22)27)15(2)12-25(14)10-11-28-16-5-7-17(8-6-16)29-21-24-19-18(30-21)4-3-9-23-19/h3-9,14-15H,10-13H2,1-2H3,(H2,22,27)/t14-,15-/m0/s1. The van der Waals surface area contributed by atoms with E-state index >= 15 is 0 Å². The average Bonchev–Trinajstić information content (AvgIpc) is 3.13. The van der Waals surface area contributed by atoms with Crippen LogP contribution in [0.25, 0.3) is 10.3 Å². The Bertz CT molecular complexity index is 976. The van der Waals surface area contributed by atoms with E-state index in [0.717, 1.165) is 23.5 Å². The number of aromatic nitrogens is 2. The number of thiazole rings is 1. The minimum absolute atomic E-state index is 0.104. The summed E-state index contributed by atoms with van der Waals surface area (Å²) in [6, 6.07) is 11.4. The quantitative estimate of drug-likeness (QED) is 0.648. The summed E-state index contributed by atoms with van der Waals surface area (Å²) < 4.78 is 12.7. The first-order valence-electron chi connectivity index (χ1n) is 9.92. The number of amides is 2. The minimum Gasteiger partial charge on any atom is -0.492 e. The van der Waals surface area contributed by atoms with Gasteiger partial charge in [0.15, 0.2) is 5.65 Å². The maximum Gasteiger partial charge on any atom is 0.315 e. The van der Waals surface area contributed by atoms with Crippen LogP contribution >= 0.6 is 11.3 Å². The van der Waals surface area contributed by atoms with Crippen LogP contribution in [0.1, 0.15) is 13.8 Å². The average molecular weight is 428 g/mol. The number of nitrogens with zero attached hydrogens (tertiary/aromatic N) is 4. The molecule has 3 heterocycles. The molecule has 8 nitrogen and oxygen atoms in total. The highest BCUT2D eigenvalue weighted by Crippen LogP contribution is 2.30. The van der Waals surface area contributed by atoms with Gasteiger partial charge in [-0.2, -0.15) is 4.98 Å². The fourth-order valence-corrected chi connectivity index (χ4v) is 4.39. The summed E-state index contributed by atoms with van der Waals surface area (Å²) in [5, 5.41) is 0.565. The number of primary amides is 1.